The Morgan fingerprint density at radius 1 is 1.25 bits per heavy atom. The van der Waals surface area contributed by atoms with Gasteiger partial charge < -0.3 is 9.84 Å². The third-order valence-corrected chi connectivity index (χ3v) is 1.72. The molecule has 0 aliphatic rings. The summed E-state index contributed by atoms with van der Waals surface area (Å²) in [5.74, 6) is -0.171. The molecule has 1 N–H and O–H groups in total. The molecule has 3 heteroatoms. The van der Waals surface area contributed by atoms with E-state index >= 15 is 0 Å². The standard InChI is InChI=1S/C13H16O3/c1-13(2,3)16-11-7-4-10(5-8-11)6-9-12(14)15/h4-9H,1-3H3,(H,14,15). The van der Waals surface area contributed by atoms with E-state index in [0.29, 0.717) is 0 Å². The molecule has 0 unspecified atom stereocenters. The van der Waals surface area contributed by atoms with Gasteiger partial charge in [-0.1, -0.05) is 12.1 Å². The molecule has 0 saturated heterocycles. The molecule has 1 rings (SSSR count). The van der Waals surface area contributed by atoms with Crippen molar-refractivity contribution >= 4 is 12.0 Å². The van der Waals surface area contributed by atoms with Gasteiger partial charge in [-0.2, -0.15) is 0 Å². The topological polar surface area (TPSA) is 46.5 Å². The van der Waals surface area contributed by atoms with Crippen molar-refractivity contribution in [1.82, 2.24) is 0 Å². The summed E-state index contributed by atoms with van der Waals surface area (Å²) in [6.45, 7) is 5.93. The Bertz CT molecular complexity index is 383. The highest BCUT2D eigenvalue weighted by Crippen LogP contribution is 2.18. The number of carboxylic acid groups (broad SMARTS) is 1. The van der Waals surface area contributed by atoms with Crippen molar-refractivity contribution in [1.29, 1.82) is 0 Å². The number of hydrogen-bond donors (Lipinski definition) is 1. The summed E-state index contributed by atoms with van der Waals surface area (Å²) < 4.78 is 5.64. The second-order valence-corrected chi connectivity index (χ2v) is 4.46. The molecule has 1 aromatic rings. The highest BCUT2D eigenvalue weighted by Gasteiger charge is 2.10. The molecule has 1 aromatic carbocycles. The average Bonchev–Trinajstić information content (AvgIpc) is 2.14. The van der Waals surface area contributed by atoms with Crippen molar-refractivity contribution in [3.8, 4) is 5.75 Å². The molecule has 0 atom stereocenters. The molecule has 0 aromatic heterocycles. The molecule has 0 bridgehead atoms. The van der Waals surface area contributed by atoms with Crippen LogP contribution in [0, 0.1) is 0 Å². The van der Waals surface area contributed by atoms with E-state index in [0.717, 1.165) is 17.4 Å². The first-order chi connectivity index (χ1) is 7.37. The van der Waals surface area contributed by atoms with Gasteiger partial charge in [-0.05, 0) is 44.5 Å². The Balaban J connectivity index is 2.72. The average molecular weight is 220 g/mol. The van der Waals surface area contributed by atoms with Crippen molar-refractivity contribution in [3.05, 3.63) is 35.9 Å². The first kappa shape index (κ1) is 12.3. The van der Waals surface area contributed by atoms with Gasteiger partial charge in [0.15, 0.2) is 0 Å². The Labute approximate surface area is 95.4 Å². The first-order valence-corrected chi connectivity index (χ1v) is 5.07. The van der Waals surface area contributed by atoms with Crippen LogP contribution in [0.5, 0.6) is 5.75 Å². The van der Waals surface area contributed by atoms with Crippen LogP contribution in [0.3, 0.4) is 0 Å². The van der Waals surface area contributed by atoms with Crippen molar-refractivity contribution in [2.24, 2.45) is 0 Å². The van der Waals surface area contributed by atoms with Crippen LogP contribution in [0.15, 0.2) is 30.3 Å². The molecule has 0 aliphatic carbocycles. The number of hydrogen-bond acceptors (Lipinski definition) is 2. The van der Waals surface area contributed by atoms with E-state index in [1.54, 1.807) is 6.08 Å². The lowest BCUT2D eigenvalue weighted by Crippen LogP contribution is -2.22. The lowest BCUT2D eigenvalue weighted by Gasteiger charge is -2.21. The second-order valence-electron chi connectivity index (χ2n) is 4.46. The Morgan fingerprint density at radius 2 is 1.81 bits per heavy atom. The monoisotopic (exact) mass is 220 g/mol. The summed E-state index contributed by atoms with van der Waals surface area (Å²) >= 11 is 0. The van der Waals surface area contributed by atoms with Crippen molar-refractivity contribution in [3.63, 3.8) is 0 Å². The molecule has 0 heterocycles. The number of carboxylic acids is 1. The van der Waals surface area contributed by atoms with Gasteiger partial charge in [0.1, 0.15) is 11.4 Å². The molecule has 3 nitrogen and oxygen atoms in total. The molecule has 0 saturated carbocycles. The maximum Gasteiger partial charge on any atom is 0.328 e. The number of aliphatic carboxylic acids is 1. The molecule has 86 valence electrons. The minimum Gasteiger partial charge on any atom is -0.488 e. The van der Waals surface area contributed by atoms with Gasteiger partial charge in [0.2, 0.25) is 0 Å². The normalized spacial score (nSPS) is 11.7. The lowest BCUT2D eigenvalue weighted by atomic mass is 10.1. The predicted molar refractivity (Wildman–Crippen MR) is 63.5 cm³/mol. The maximum atomic E-state index is 10.3. The molecule has 16 heavy (non-hydrogen) atoms. The van der Waals surface area contributed by atoms with E-state index in [-0.39, 0.29) is 5.60 Å². The van der Waals surface area contributed by atoms with E-state index in [1.807, 2.05) is 45.0 Å². The van der Waals surface area contributed by atoms with E-state index in [4.69, 9.17) is 9.84 Å². The Hall–Kier alpha value is -1.77. The molecule has 0 fully saturated rings. The van der Waals surface area contributed by atoms with Gasteiger partial charge in [0, 0.05) is 6.08 Å². The summed E-state index contributed by atoms with van der Waals surface area (Å²) in [4.78, 5) is 10.3. The van der Waals surface area contributed by atoms with Crippen LogP contribution in [0.4, 0.5) is 0 Å². The highest BCUT2D eigenvalue weighted by molar-refractivity contribution is 5.85. The van der Waals surface area contributed by atoms with Gasteiger partial charge >= 0.3 is 5.97 Å². The SMILES string of the molecule is CC(C)(C)Oc1ccc(C=CC(=O)O)cc1. The molecule has 0 aliphatic heterocycles. The summed E-state index contributed by atoms with van der Waals surface area (Å²) in [6.07, 6.45) is 2.66. The quantitative estimate of drug-likeness (QED) is 0.796. The number of rotatable bonds is 3. The Kier molecular flexibility index (Phi) is 3.72. The zero-order valence-corrected chi connectivity index (χ0v) is 9.73. The van der Waals surface area contributed by atoms with Gasteiger partial charge in [0.05, 0.1) is 0 Å². The number of benzene rings is 1. The van der Waals surface area contributed by atoms with Crippen LogP contribution >= 0.6 is 0 Å². The van der Waals surface area contributed by atoms with Crippen LogP contribution in [-0.4, -0.2) is 16.7 Å². The molecule has 0 spiro atoms. The zero-order chi connectivity index (χ0) is 12.2. The van der Waals surface area contributed by atoms with Crippen LogP contribution in [-0.2, 0) is 4.79 Å². The first-order valence-electron chi connectivity index (χ1n) is 5.07. The van der Waals surface area contributed by atoms with Gasteiger partial charge in [-0.15, -0.1) is 0 Å². The van der Waals surface area contributed by atoms with Gasteiger partial charge in [-0.3, -0.25) is 0 Å². The highest BCUT2D eigenvalue weighted by atomic mass is 16.5. The van der Waals surface area contributed by atoms with E-state index in [1.165, 1.54) is 0 Å². The van der Waals surface area contributed by atoms with E-state index < -0.39 is 5.97 Å². The fourth-order valence-corrected chi connectivity index (χ4v) is 1.17. The van der Waals surface area contributed by atoms with Gasteiger partial charge in [0.25, 0.3) is 0 Å². The molecule has 0 amide bonds. The zero-order valence-electron chi connectivity index (χ0n) is 9.73. The third-order valence-electron chi connectivity index (χ3n) is 1.72. The molecule has 0 radical (unpaired) electrons. The molecular weight excluding hydrogens is 204 g/mol. The molecular formula is C13H16O3. The van der Waals surface area contributed by atoms with Crippen LogP contribution in [0.2, 0.25) is 0 Å². The minimum absolute atomic E-state index is 0.224. The lowest BCUT2D eigenvalue weighted by molar-refractivity contribution is -0.131. The fraction of sp³-hybridized carbons (Fsp3) is 0.308. The van der Waals surface area contributed by atoms with E-state index in [2.05, 4.69) is 0 Å². The minimum atomic E-state index is -0.949. The smallest absolute Gasteiger partial charge is 0.328 e. The van der Waals surface area contributed by atoms with E-state index in [9.17, 15) is 4.79 Å². The summed E-state index contributed by atoms with van der Waals surface area (Å²) in [6, 6.07) is 7.29. The van der Waals surface area contributed by atoms with Crippen molar-refractivity contribution in [2.75, 3.05) is 0 Å². The van der Waals surface area contributed by atoms with Crippen molar-refractivity contribution in [2.45, 2.75) is 26.4 Å². The maximum absolute atomic E-state index is 10.3. The van der Waals surface area contributed by atoms with Crippen LogP contribution in [0.25, 0.3) is 6.08 Å². The Morgan fingerprint density at radius 3 is 2.25 bits per heavy atom. The van der Waals surface area contributed by atoms with Crippen molar-refractivity contribution < 1.29 is 14.6 Å². The fourth-order valence-electron chi connectivity index (χ4n) is 1.17. The third kappa shape index (κ3) is 4.64. The summed E-state index contributed by atoms with van der Waals surface area (Å²) in [7, 11) is 0. The summed E-state index contributed by atoms with van der Waals surface area (Å²) in [5.41, 5.74) is 0.613. The van der Waals surface area contributed by atoms with Crippen LogP contribution < -0.4 is 4.74 Å². The number of carbonyl (C=O) groups is 1. The largest absolute Gasteiger partial charge is 0.488 e. The summed E-state index contributed by atoms with van der Waals surface area (Å²) in [5, 5.41) is 8.47. The van der Waals surface area contributed by atoms with Crippen LogP contribution in [0.1, 0.15) is 26.3 Å². The number of ether oxygens (including phenoxy) is 1. The predicted octanol–water partition coefficient (Wildman–Crippen LogP) is 2.96. The van der Waals surface area contributed by atoms with Gasteiger partial charge in [-0.25, -0.2) is 4.79 Å². The second kappa shape index (κ2) is 4.84.